The Hall–Kier alpha value is -1.82. The van der Waals surface area contributed by atoms with Gasteiger partial charge in [-0.15, -0.1) is 0 Å². The van der Waals surface area contributed by atoms with Crippen molar-refractivity contribution in [1.29, 1.82) is 0 Å². The summed E-state index contributed by atoms with van der Waals surface area (Å²) in [7, 11) is 1.65. The molecular weight excluding hydrogens is 310 g/mol. The van der Waals surface area contributed by atoms with Crippen LogP contribution in [-0.4, -0.2) is 23.6 Å². The van der Waals surface area contributed by atoms with E-state index in [1.54, 1.807) is 7.11 Å². The summed E-state index contributed by atoms with van der Waals surface area (Å²) >= 11 is 3.20. The average Bonchev–Trinajstić information content (AvgIpc) is 2.44. The first kappa shape index (κ1) is 13.6. The Morgan fingerprint density at radius 1 is 1.42 bits per heavy atom. The second-order valence-electron chi connectivity index (χ2n) is 3.88. The Balaban J connectivity index is 2.00. The van der Waals surface area contributed by atoms with Crippen LogP contribution in [0.15, 0.2) is 39.9 Å². The van der Waals surface area contributed by atoms with Gasteiger partial charge in [0.25, 0.3) is 5.56 Å². The monoisotopic (exact) mass is 323 g/mol. The molecule has 0 atom stereocenters. The van der Waals surface area contributed by atoms with E-state index in [1.807, 2.05) is 24.3 Å². The number of para-hydroxylation sites is 1. The minimum atomic E-state index is -0.199. The zero-order chi connectivity index (χ0) is 13.7. The van der Waals surface area contributed by atoms with E-state index in [9.17, 15) is 4.79 Å². The summed E-state index contributed by atoms with van der Waals surface area (Å²) in [5.41, 5.74) is 0.910. The van der Waals surface area contributed by atoms with Gasteiger partial charge in [0.15, 0.2) is 0 Å². The third-order valence-corrected chi connectivity index (χ3v) is 3.41. The molecule has 19 heavy (non-hydrogen) atoms. The molecule has 0 bridgehead atoms. The van der Waals surface area contributed by atoms with E-state index < -0.39 is 0 Å². The van der Waals surface area contributed by atoms with Gasteiger partial charge < -0.3 is 15.0 Å². The number of H-pyrrole nitrogens is 1. The molecule has 100 valence electrons. The number of ether oxygens (including phenoxy) is 1. The molecule has 1 heterocycles. The average molecular weight is 324 g/mol. The van der Waals surface area contributed by atoms with Crippen molar-refractivity contribution in [2.24, 2.45) is 0 Å². The Morgan fingerprint density at radius 3 is 3.00 bits per heavy atom. The lowest BCUT2D eigenvalue weighted by Gasteiger charge is -2.09. The molecular formula is C13H14BrN3O2. The smallest absolute Gasteiger partial charge is 0.267 e. The number of aromatic nitrogens is 2. The number of rotatable bonds is 5. The van der Waals surface area contributed by atoms with Gasteiger partial charge in [0.1, 0.15) is 16.0 Å². The minimum Gasteiger partial charge on any atom is -0.496 e. The van der Waals surface area contributed by atoms with Gasteiger partial charge in [-0.2, -0.15) is 0 Å². The van der Waals surface area contributed by atoms with Crippen molar-refractivity contribution in [2.75, 3.05) is 19.0 Å². The van der Waals surface area contributed by atoms with Gasteiger partial charge in [0.05, 0.1) is 13.4 Å². The van der Waals surface area contributed by atoms with E-state index in [1.165, 1.54) is 6.33 Å². The minimum absolute atomic E-state index is 0.199. The van der Waals surface area contributed by atoms with Crippen LogP contribution in [0, 0.1) is 0 Å². The second kappa shape index (κ2) is 6.38. The van der Waals surface area contributed by atoms with Gasteiger partial charge in [-0.25, -0.2) is 4.98 Å². The summed E-state index contributed by atoms with van der Waals surface area (Å²) in [6.45, 7) is 0.662. The van der Waals surface area contributed by atoms with Crippen LogP contribution >= 0.6 is 15.9 Å². The van der Waals surface area contributed by atoms with Crippen LogP contribution in [-0.2, 0) is 6.42 Å². The fourth-order valence-electron chi connectivity index (χ4n) is 1.73. The molecule has 2 rings (SSSR count). The number of hydrogen-bond acceptors (Lipinski definition) is 4. The van der Waals surface area contributed by atoms with Crippen molar-refractivity contribution in [3.8, 4) is 5.75 Å². The van der Waals surface area contributed by atoms with Crippen molar-refractivity contribution >= 4 is 21.7 Å². The summed E-state index contributed by atoms with van der Waals surface area (Å²) in [4.78, 5) is 17.9. The van der Waals surface area contributed by atoms with Crippen LogP contribution in [0.5, 0.6) is 5.75 Å². The molecule has 6 heteroatoms. The normalized spacial score (nSPS) is 10.2. The zero-order valence-corrected chi connectivity index (χ0v) is 12.0. The number of hydrogen-bond donors (Lipinski definition) is 2. The number of benzene rings is 1. The molecule has 0 aliphatic carbocycles. The van der Waals surface area contributed by atoms with E-state index in [4.69, 9.17) is 4.74 Å². The van der Waals surface area contributed by atoms with Crippen molar-refractivity contribution in [3.05, 3.63) is 51.0 Å². The molecule has 1 aromatic heterocycles. The van der Waals surface area contributed by atoms with Gasteiger partial charge in [-0.3, -0.25) is 4.79 Å². The number of nitrogens with one attached hydrogen (secondary N) is 2. The fraction of sp³-hybridized carbons (Fsp3) is 0.231. The number of aromatic amines is 1. The highest BCUT2D eigenvalue weighted by Crippen LogP contribution is 2.18. The summed E-state index contributed by atoms with van der Waals surface area (Å²) in [5.74, 6) is 1.40. The van der Waals surface area contributed by atoms with Crippen molar-refractivity contribution < 1.29 is 4.74 Å². The Morgan fingerprint density at radius 2 is 2.21 bits per heavy atom. The standard InChI is InChI=1S/C13H14BrN3O2/c1-19-10-5-3-2-4-9(10)6-7-15-12-11(14)13(18)17-8-16-12/h2-5,8H,6-7H2,1H3,(H2,15,16,17,18). The number of anilines is 1. The maximum absolute atomic E-state index is 11.4. The van der Waals surface area contributed by atoms with Crippen LogP contribution in [0.2, 0.25) is 0 Å². The molecule has 0 radical (unpaired) electrons. The second-order valence-corrected chi connectivity index (χ2v) is 4.68. The molecule has 0 fully saturated rings. The van der Waals surface area contributed by atoms with E-state index in [0.29, 0.717) is 16.8 Å². The van der Waals surface area contributed by atoms with E-state index >= 15 is 0 Å². The maximum atomic E-state index is 11.4. The first-order valence-corrected chi connectivity index (χ1v) is 6.60. The van der Waals surface area contributed by atoms with Gasteiger partial charge in [0, 0.05) is 6.54 Å². The molecule has 2 N–H and O–H groups in total. The van der Waals surface area contributed by atoms with Crippen molar-refractivity contribution in [3.63, 3.8) is 0 Å². The van der Waals surface area contributed by atoms with Gasteiger partial charge >= 0.3 is 0 Å². The number of halogens is 1. The molecule has 1 aromatic carbocycles. The summed E-state index contributed by atoms with van der Waals surface area (Å²) in [6.07, 6.45) is 2.16. The van der Waals surface area contributed by atoms with Crippen LogP contribution in [0.25, 0.3) is 0 Å². The fourth-order valence-corrected chi connectivity index (χ4v) is 2.09. The predicted octanol–water partition coefficient (Wildman–Crippen LogP) is 2.20. The lowest BCUT2D eigenvalue weighted by Crippen LogP contribution is -2.14. The molecule has 5 nitrogen and oxygen atoms in total. The Bertz CT molecular complexity index is 613. The molecule has 0 saturated heterocycles. The first-order valence-electron chi connectivity index (χ1n) is 5.81. The third-order valence-electron chi connectivity index (χ3n) is 2.68. The van der Waals surface area contributed by atoms with E-state index in [0.717, 1.165) is 17.7 Å². The van der Waals surface area contributed by atoms with Gasteiger partial charge in [-0.05, 0) is 34.0 Å². The van der Waals surface area contributed by atoms with Gasteiger partial charge in [-0.1, -0.05) is 18.2 Å². The highest BCUT2D eigenvalue weighted by molar-refractivity contribution is 9.10. The first-order chi connectivity index (χ1) is 9.22. The Kier molecular flexibility index (Phi) is 4.57. The summed E-state index contributed by atoms with van der Waals surface area (Å²) < 4.78 is 5.70. The van der Waals surface area contributed by atoms with Crippen LogP contribution in [0.3, 0.4) is 0 Å². The number of methoxy groups -OCH3 is 1. The third kappa shape index (κ3) is 3.35. The van der Waals surface area contributed by atoms with Crippen LogP contribution in [0.4, 0.5) is 5.82 Å². The van der Waals surface area contributed by atoms with E-state index in [2.05, 4.69) is 31.2 Å². The highest BCUT2D eigenvalue weighted by Gasteiger charge is 2.05. The quantitative estimate of drug-likeness (QED) is 0.885. The molecule has 0 saturated carbocycles. The largest absolute Gasteiger partial charge is 0.496 e. The molecule has 0 spiro atoms. The van der Waals surface area contributed by atoms with Gasteiger partial charge in [0.2, 0.25) is 0 Å². The summed E-state index contributed by atoms with van der Waals surface area (Å²) in [6, 6.07) is 7.85. The van der Waals surface area contributed by atoms with Crippen molar-refractivity contribution in [2.45, 2.75) is 6.42 Å². The Labute approximate surface area is 119 Å². The van der Waals surface area contributed by atoms with Crippen molar-refractivity contribution in [1.82, 2.24) is 9.97 Å². The molecule has 0 unspecified atom stereocenters. The zero-order valence-electron chi connectivity index (χ0n) is 10.4. The highest BCUT2D eigenvalue weighted by atomic mass is 79.9. The van der Waals surface area contributed by atoms with E-state index in [-0.39, 0.29) is 5.56 Å². The lowest BCUT2D eigenvalue weighted by molar-refractivity contribution is 0.410. The maximum Gasteiger partial charge on any atom is 0.267 e. The molecule has 0 amide bonds. The SMILES string of the molecule is COc1ccccc1CCNc1nc[nH]c(=O)c1Br. The van der Waals surface area contributed by atoms with Crippen LogP contribution < -0.4 is 15.6 Å². The lowest BCUT2D eigenvalue weighted by atomic mass is 10.1. The number of nitrogens with zero attached hydrogens (tertiary/aromatic N) is 1. The molecule has 0 aliphatic heterocycles. The predicted molar refractivity (Wildman–Crippen MR) is 77.7 cm³/mol. The molecule has 0 aliphatic rings. The van der Waals surface area contributed by atoms with Crippen LogP contribution in [0.1, 0.15) is 5.56 Å². The molecule has 2 aromatic rings. The topological polar surface area (TPSA) is 67.0 Å². The summed E-state index contributed by atoms with van der Waals surface area (Å²) in [5, 5.41) is 3.12.